The van der Waals surface area contributed by atoms with Crippen LogP contribution in [0.1, 0.15) is 38.7 Å². The predicted molar refractivity (Wildman–Crippen MR) is 76.3 cm³/mol. The van der Waals surface area contributed by atoms with Crippen LogP contribution in [0.25, 0.3) is 0 Å². The van der Waals surface area contributed by atoms with Gasteiger partial charge in [-0.15, -0.1) is 0 Å². The van der Waals surface area contributed by atoms with E-state index in [0.717, 1.165) is 13.0 Å². The fourth-order valence-electron chi connectivity index (χ4n) is 1.76. The summed E-state index contributed by atoms with van der Waals surface area (Å²) >= 11 is 0. The second-order valence-electron chi connectivity index (χ2n) is 4.75. The zero-order chi connectivity index (χ0) is 12.3. The molecule has 0 amide bonds. The van der Waals surface area contributed by atoms with Gasteiger partial charge in [0.1, 0.15) is 0 Å². The lowest BCUT2D eigenvalue weighted by Gasteiger charge is -2.04. The number of unbranched alkanes of at least 4 members (excludes halogenated alkanes) is 1. The topological polar surface area (TPSA) is 12.0 Å². The van der Waals surface area contributed by atoms with Gasteiger partial charge in [-0.3, -0.25) is 0 Å². The molecule has 1 aromatic rings. The summed E-state index contributed by atoms with van der Waals surface area (Å²) in [6.45, 7) is 5.46. The number of hydrogen-bond acceptors (Lipinski definition) is 1. The summed E-state index contributed by atoms with van der Waals surface area (Å²) in [6, 6.07) is 11.3. The van der Waals surface area contributed by atoms with Gasteiger partial charge in [-0.25, -0.2) is 0 Å². The highest BCUT2D eigenvalue weighted by atomic mass is 14.9. The molecule has 0 spiro atoms. The Bertz CT molecular complexity index is 301. The Morgan fingerprint density at radius 2 is 1.76 bits per heavy atom. The van der Waals surface area contributed by atoms with E-state index in [4.69, 9.17) is 0 Å². The molecule has 0 saturated heterocycles. The van der Waals surface area contributed by atoms with E-state index in [1.165, 1.54) is 24.8 Å². The second-order valence-corrected chi connectivity index (χ2v) is 4.75. The standard InChI is InChI=1S/C16H25N/c1-15(2)17-14-10-5-3-4-7-11-16-12-8-6-9-13-16/h3,5-6,8-9,12-13,15,17H,4,7,10-11,14H2,1-2H3. The first-order valence-electron chi connectivity index (χ1n) is 6.71. The third kappa shape index (κ3) is 7.76. The van der Waals surface area contributed by atoms with Crippen molar-refractivity contribution >= 4 is 0 Å². The number of nitrogens with one attached hydrogen (secondary N) is 1. The normalized spacial score (nSPS) is 11.5. The molecule has 0 aliphatic rings. The average molecular weight is 231 g/mol. The lowest BCUT2D eigenvalue weighted by molar-refractivity contribution is 0.594. The number of rotatable bonds is 8. The molecule has 1 aromatic carbocycles. The zero-order valence-corrected chi connectivity index (χ0v) is 11.2. The Balaban J connectivity index is 1.99. The van der Waals surface area contributed by atoms with E-state index in [2.05, 4.69) is 61.6 Å². The van der Waals surface area contributed by atoms with Crippen molar-refractivity contribution in [3.8, 4) is 0 Å². The van der Waals surface area contributed by atoms with Gasteiger partial charge >= 0.3 is 0 Å². The smallest absolute Gasteiger partial charge is 0.00105 e. The number of hydrogen-bond donors (Lipinski definition) is 1. The van der Waals surface area contributed by atoms with Crippen LogP contribution in [0.3, 0.4) is 0 Å². The van der Waals surface area contributed by atoms with E-state index < -0.39 is 0 Å². The minimum Gasteiger partial charge on any atom is -0.314 e. The molecule has 17 heavy (non-hydrogen) atoms. The molecule has 0 aliphatic carbocycles. The van der Waals surface area contributed by atoms with E-state index in [9.17, 15) is 0 Å². The molecule has 0 saturated carbocycles. The molecule has 1 rings (SSSR count). The molecule has 0 aliphatic heterocycles. The summed E-state index contributed by atoms with van der Waals surface area (Å²) in [5, 5.41) is 3.41. The molecular formula is C16H25N. The third-order valence-electron chi connectivity index (χ3n) is 2.71. The second kappa shape index (κ2) is 9.00. The summed E-state index contributed by atoms with van der Waals surface area (Å²) < 4.78 is 0. The van der Waals surface area contributed by atoms with Crippen LogP contribution < -0.4 is 5.32 Å². The van der Waals surface area contributed by atoms with Crippen molar-refractivity contribution in [1.29, 1.82) is 0 Å². The number of allylic oxidation sites excluding steroid dienone is 1. The maximum atomic E-state index is 3.41. The first-order valence-corrected chi connectivity index (χ1v) is 6.71. The molecule has 94 valence electrons. The van der Waals surface area contributed by atoms with Crippen LogP contribution in [0.5, 0.6) is 0 Å². The minimum absolute atomic E-state index is 0.599. The Morgan fingerprint density at radius 3 is 2.47 bits per heavy atom. The van der Waals surface area contributed by atoms with Crippen LogP contribution in [-0.4, -0.2) is 12.6 Å². The summed E-state index contributed by atoms with van der Waals surface area (Å²) in [6.07, 6.45) is 9.37. The van der Waals surface area contributed by atoms with Gasteiger partial charge in [-0.2, -0.15) is 0 Å². The zero-order valence-electron chi connectivity index (χ0n) is 11.2. The van der Waals surface area contributed by atoms with Gasteiger partial charge in [-0.1, -0.05) is 56.3 Å². The Hall–Kier alpha value is -1.08. The fourth-order valence-corrected chi connectivity index (χ4v) is 1.76. The van der Waals surface area contributed by atoms with Crippen LogP contribution >= 0.6 is 0 Å². The molecule has 1 nitrogen and oxygen atoms in total. The lowest BCUT2D eigenvalue weighted by atomic mass is 10.1. The van der Waals surface area contributed by atoms with Gasteiger partial charge in [0.2, 0.25) is 0 Å². The molecule has 0 unspecified atom stereocenters. The van der Waals surface area contributed by atoms with Crippen molar-refractivity contribution in [3.63, 3.8) is 0 Å². The average Bonchev–Trinajstić information content (AvgIpc) is 2.33. The Labute approximate surface area is 106 Å². The van der Waals surface area contributed by atoms with E-state index in [0.29, 0.717) is 6.04 Å². The van der Waals surface area contributed by atoms with Gasteiger partial charge in [0.15, 0.2) is 0 Å². The van der Waals surface area contributed by atoms with E-state index in [1.54, 1.807) is 0 Å². The fraction of sp³-hybridized carbons (Fsp3) is 0.500. The quantitative estimate of drug-likeness (QED) is 0.527. The van der Waals surface area contributed by atoms with Crippen LogP contribution in [0.2, 0.25) is 0 Å². The van der Waals surface area contributed by atoms with Crippen molar-refractivity contribution in [2.75, 3.05) is 6.54 Å². The molecule has 0 fully saturated rings. The molecule has 0 atom stereocenters. The molecule has 0 heterocycles. The van der Waals surface area contributed by atoms with Crippen molar-refractivity contribution in [2.45, 2.75) is 45.6 Å². The summed E-state index contributed by atoms with van der Waals surface area (Å²) in [5.41, 5.74) is 1.45. The summed E-state index contributed by atoms with van der Waals surface area (Å²) in [4.78, 5) is 0. The molecule has 0 aromatic heterocycles. The molecular weight excluding hydrogens is 206 g/mol. The summed E-state index contributed by atoms with van der Waals surface area (Å²) in [5.74, 6) is 0. The van der Waals surface area contributed by atoms with Crippen molar-refractivity contribution < 1.29 is 0 Å². The van der Waals surface area contributed by atoms with E-state index in [-0.39, 0.29) is 0 Å². The third-order valence-corrected chi connectivity index (χ3v) is 2.71. The van der Waals surface area contributed by atoms with Gasteiger partial charge in [0.05, 0.1) is 0 Å². The van der Waals surface area contributed by atoms with E-state index >= 15 is 0 Å². The number of benzene rings is 1. The highest BCUT2D eigenvalue weighted by molar-refractivity contribution is 5.14. The minimum atomic E-state index is 0.599. The number of aryl methyl sites for hydroxylation is 1. The van der Waals surface area contributed by atoms with E-state index in [1.807, 2.05) is 0 Å². The van der Waals surface area contributed by atoms with Crippen molar-refractivity contribution in [1.82, 2.24) is 5.32 Å². The van der Waals surface area contributed by atoms with Crippen LogP contribution in [0.15, 0.2) is 42.5 Å². The maximum Gasteiger partial charge on any atom is 0.00105 e. The molecule has 1 heteroatoms. The SMILES string of the molecule is CC(C)NCCC=CCCCc1ccccc1. The van der Waals surface area contributed by atoms with Gasteiger partial charge < -0.3 is 5.32 Å². The lowest BCUT2D eigenvalue weighted by Crippen LogP contribution is -2.23. The van der Waals surface area contributed by atoms with Crippen molar-refractivity contribution in [3.05, 3.63) is 48.0 Å². The maximum absolute atomic E-state index is 3.41. The highest BCUT2D eigenvalue weighted by Gasteiger charge is 1.90. The monoisotopic (exact) mass is 231 g/mol. The Morgan fingerprint density at radius 1 is 1.06 bits per heavy atom. The first-order chi connectivity index (χ1) is 8.29. The highest BCUT2D eigenvalue weighted by Crippen LogP contribution is 2.04. The van der Waals surface area contributed by atoms with Crippen LogP contribution in [-0.2, 0) is 6.42 Å². The first kappa shape index (κ1) is 14.0. The molecule has 0 radical (unpaired) electrons. The Kier molecular flexibility index (Phi) is 7.40. The van der Waals surface area contributed by atoms with Crippen LogP contribution in [0, 0.1) is 0 Å². The predicted octanol–water partition coefficient (Wildman–Crippen LogP) is 3.95. The van der Waals surface area contributed by atoms with Gasteiger partial charge in [-0.05, 0) is 37.8 Å². The van der Waals surface area contributed by atoms with Crippen molar-refractivity contribution in [2.24, 2.45) is 0 Å². The summed E-state index contributed by atoms with van der Waals surface area (Å²) in [7, 11) is 0. The van der Waals surface area contributed by atoms with Crippen LogP contribution in [0.4, 0.5) is 0 Å². The largest absolute Gasteiger partial charge is 0.314 e. The van der Waals surface area contributed by atoms with Gasteiger partial charge in [0.25, 0.3) is 0 Å². The molecule has 1 N–H and O–H groups in total. The van der Waals surface area contributed by atoms with Gasteiger partial charge in [0, 0.05) is 6.04 Å². The molecule has 0 bridgehead atoms.